The Kier molecular flexibility index (Phi) is 3.59. The van der Waals surface area contributed by atoms with E-state index in [0.717, 1.165) is 43.1 Å². The molecular formula is C15H14BrF2NO2. The average molecular weight is 358 g/mol. The predicted molar refractivity (Wildman–Crippen MR) is 77.7 cm³/mol. The summed E-state index contributed by atoms with van der Waals surface area (Å²) in [5.74, 6) is -3.60. The maximum atomic E-state index is 13.5. The predicted octanol–water partition coefficient (Wildman–Crippen LogP) is 3.45. The Morgan fingerprint density at radius 3 is 2.38 bits per heavy atom. The Labute approximate surface area is 129 Å². The first-order valence-corrected chi connectivity index (χ1v) is 8.01. The van der Waals surface area contributed by atoms with Crippen LogP contribution in [0.25, 0.3) is 0 Å². The minimum atomic E-state index is -1.10. The first kappa shape index (κ1) is 14.6. The van der Waals surface area contributed by atoms with Crippen LogP contribution < -0.4 is 4.90 Å². The molecule has 0 aromatic heterocycles. The third kappa shape index (κ3) is 2.29. The molecule has 112 valence electrons. The highest BCUT2D eigenvalue weighted by molar-refractivity contribution is 9.09. The van der Waals surface area contributed by atoms with E-state index in [1.165, 1.54) is 4.90 Å². The van der Waals surface area contributed by atoms with E-state index in [4.69, 9.17) is 0 Å². The second-order valence-electron chi connectivity index (χ2n) is 5.84. The molecule has 1 amide bonds. The molecular weight excluding hydrogens is 344 g/mol. The summed E-state index contributed by atoms with van der Waals surface area (Å²) in [6.07, 6.45) is 4.06. The van der Waals surface area contributed by atoms with Crippen molar-refractivity contribution in [2.75, 3.05) is 16.8 Å². The van der Waals surface area contributed by atoms with E-state index in [0.29, 0.717) is 6.54 Å². The van der Waals surface area contributed by atoms with Crippen LogP contribution >= 0.6 is 15.9 Å². The molecule has 0 spiro atoms. The van der Waals surface area contributed by atoms with Crippen molar-refractivity contribution in [3.05, 3.63) is 29.3 Å². The van der Waals surface area contributed by atoms with Crippen LogP contribution in [0.5, 0.6) is 0 Å². The van der Waals surface area contributed by atoms with Gasteiger partial charge in [0.2, 0.25) is 0 Å². The minimum Gasteiger partial charge on any atom is -0.304 e. The largest absolute Gasteiger partial charge is 0.304 e. The number of carbonyl (C=O) groups is 2. The molecule has 0 atom stereocenters. The molecule has 21 heavy (non-hydrogen) atoms. The minimum absolute atomic E-state index is 0.0402. The molecule has 1 aromatic carbocycles. The van der Waals surface area contributed by atoms with Gasteiger partial charge in [-0.1, -0.05) is 28.8 Å². The molecule has 0 N–H and O–H groups in total. The number of nitrogens with zero attached hydrogens (tertiary/aromatic N) is 1. The Morgan fingerprint density at radius 2 is 1.76 bits per heavy atom. The van der Waals surface area contributed by atoms with Crippen molar-refractivity contribution in [2.45, 2.75) is 25.7 Å². The van der Waals surface area contributed by atoms with Gasteiger partial charge >= 0.3 is 0 Å². The first-order chi connectivity index (χ1) is 9.97. The molecule has 3 rings (SSSR count). The number of ketones is 1. The van der Waals surface area contributed by atoms with Crippen LogP contribution in [0.4, 0.5) is 14.5 Å². The number of hydrogen-bond donors (Lipinski definition) is 0. The molecule has 2 aliphatic rings. The van der Waals surface area contributed by atoms with Crippen molar-refractivity contribution < 1.29 is 18.4 Å². The number of alkyl halides is 1. The SMILES string of the molecule is O=C1C(=O)N(CC2(CBr)CCCC2)c2cc(F)c(F)cc21. The van der Waals surface area contributed by atoms with E-state index in [2.05, 4.69) is 15.9 Å². The number of fused-ring (bicyclic) bond motifs is 1. The molecule has 0 bridgehead atoms. The average Bonchev–Trinajstić information content (AvgIpc) is 3.02. The molecule has 6 heteroatoms. The smallest absolute Gasteiger partial charge is 0.299 e. The summed E-state index contributed by atoms with van der Waals surface area (Å²) in [5.41, 5.74) is 0.0559. The molecule has 0 unspecified atom stereocenters. The summed E-state index contributed by atoms with van der Waals surface area (Å²) < 4.78 is 26.7. The zero-order valence-corrected chi connectivity index (χ0v) is 12.9. The number of carbonyl (C=O) groups excluding carboxylic acids is 2. The maximum Gasteiger partial charge on any atom is 0.299 e. The van der Waals surface area contributed by atoms with Crippen LogP contribution in [0.1, 0.15) is 36.0 Å². The number of anilines is 1. The first-order valence-electron chi connectivity index (χ1n) is 6.89. The van der Waals surface area contributed by atoms with Crippen molar-refractivity contribution in [2.24, 2.45) is 5.41 Å². The Morgan fingerprint density at radius 1 is 1.14 bits per heavy atom. The summed E-state index contributed by atoms with van der Waals surface area (Å²) in [4.78, 5) is 25.4. The summed E-state index contributed by atoms with van der Waals surface area (Å²) in [6.45, 7) is 0.362. The third-order valence-corrected chi connectivity index (χ3v) is 5.64. The zero-order valence-electron chi connectivity index (χ0n) is 11.3. The van der Waals surface area contributed by atoms with Gasteiger partial charge in [0.1, 0.15) is 0 Å². The summed E-state index contributed by atoms with van der Waals surface area (Å²) in [5, 5.41) is 0.719. The summed E-state index contributed by atoms with van der Waals surface area (Å²) in [6, 6.07) is 1.77. The lowest BCUT2D eigenvalue weighted by molar-refractivity contribution is -0.114. The van der Waals surface area contributed by atoms with E-state index in [9.17, 15) is 18.4 Å². The van der Waals surface area contributed by atoms with Gasteiger partial charge in [0.15, 0.2) is 11.6 Å². The van der Waals surface area contributed by atoms with Gasteiger partial charge in [-0.15, -0.1) is 0 Å². The van der Waals surface area contributed by atoms with E-state index in [1.807, 2.05) is 0 Å². The van der Waals surface area contributed by atoms with E-state index >= 15 is 0 Å². The second kappa shape index (κ2) is 5.16. The Bertz CT molecular complexity index is 626. The summed E-state index contributed by atoms with van der Waals surface area (Å²) in [7, 11) is 0. The molecule has 1 fully saturated rings. The zero-order chi connectivity index (χ0) is 15.2. The molecule has 1 aliphatic carbocycles. The highest BCUT2D eigenvalue weighted by atomic mass is 79.9. The number of benzene rings is 1. The third-order valence-electron chi connectivity index (χ3n) is 4.45. The molecule has 1 aromatic rings. The fourth-order valence-electron chi connectivity index (χ4n) is 3.24. The molecule has 1 saturated carbocycles. The molecule has 3 nitrogen and oxygen atoms in total. The Hall–Kier alpha value is -1.30. The maximum absolute atomic E-state index is 13.5. The van der Waals surface area contributed by atoms with E-state index < -0.39 is 23.3 Å². The van der Waals surface area contributed by atoms with Gasteiger partial charge in [-0.2, -0.15) is 0 Å². The second-order valence-corrected chi connectivity index (χ2v) is 6.41. The van der Waals surface area contributed by atoms with Crippen molar-refractivity contribution >= 4 is 33.3 Å². The Balaban J connectivity index is 1.99. The van der Waals surface area contributed by atoms with Gasteiger partial charge in [0.05, 0.1) is 11.3 Å². The lowest BCUT2D eigenvalue weighted by Crippen LogP contribution is -2.40. The van der Waals surface area contributed by atoms with Crippen LogP contribution in [-0.2, 0) is 4.79 Å². The van der Waals surface area contributed by atoms with Crippen molar-refractivity contribution in [1.29, 1.82) is 0 Å². The molecule has 0 saturated heterocycles. The van der Waals surface area contributed by atoms with E-state index in [1.54, 1.807) is 0 Å². The van der Waals surface area contributed by atoms with Crippen LogP contribution in [0.3, 0.4) is 0 Å². The highest BCUT2D eigenvalue weighted by Crippen LogP contribution is 2.43. The highest BCUT2D eigenvalue weighted by Gasteiger charge is 2.43. The lowest BCUT2D eigenvalue weighted by atomic mass is 9.88. The topological polar surface area (TPSA) is 37.4 Å². The molecule has 0 radical (unpaired) electrons. The van der Waals surface area contributed by atoms with Gasteiger partial charge in [-0.25, -0.2) is 8.78 Å². The van der Waals surface area contributed by atoms with Gasteiger partial charge < -0.3 is 4.90 Å². The van der Waals surface area contributed by atoms with Crippen LogP contribution in [0, 0.1) is 17.0 Å². The van der Waals surface area contributed by atoms with Crippen molar-refractivity contribution in [1.82, 2.24) is 0 Å². The molecule has 1 aliphatic heterocycles. The van der Waals surface area contributed by atoms with Gasteiger partial charge in [-0.05, 0) is 24.3 Å². The van der Waals surface area contributed by atoms with Crippen molar-refractivity contribution in [3.8, 4) is 0 Å². The fraction of sp³-hybridized carbons (Fsp3) is 0.467. The summed E-state index contributed by atoms with van der Waals surface area (Å²) >= 11 is 3.48. The number of rotatable bonds is 3. The standard InChI is InChI=1S/C15H14BrF2NO2/c16-7-15(3-1-2-4-15)8-19-12-6-11(18)10(17)5-9(12)13(20)14(19)21/h5-6H,1-4,7-8H2. The quantitative estimate of drug-likeness (QED) is 0.613. The number of halogens is 3. The van der Waals surface area contributed by atoms with E-state index in [-0.39, 0.29) is 16.7 Å². The number of hydrogen-bond acceptors (Lipinski definition) is 2. The van der Waals surface area contributed by atoms with Crippen LogP contribution in [-0.4, -0.2) is 23.6 Å². The van der Waals surface area contributed by atoms with Crippen molar-refractivity contribution in [3.63, 3.8) is 0 Å². The van der Waals surface area contributed by atoms with Gasteiger partial charge in [0.25, 0.3) is 11.7 Å². The monoisotopic (exact) mass is 357 g/mol. The normalized spacial score (nSPS) is 20.2. The number of Topliss-reactive ketones (excluding diaryl/α,β-unsaturated/α-hetero) is 1. The molecule has 1 heterocycles. The van der Waals surface area contributed by atoms with Crippen LogP contribution in [0.15, 0.2) is 12.1 Å². The number of amides is 1. The van der Waals surface area contributed by atoms with Crippen LogP contribution in [0.2, 0.25) is 0 Å². The fourth-order valence-corrected chi connectivity index (χ4v) is 3.98. The lowest BCUT2D eigenvalue weighted by Gasteiger charge is -2.31. The van der Waals surface area contributed by atoms with Gasteiger partial charge in [-0.3, -0.25) is 9.59 Å². The van der Waals surface area contributed by atoms with Gasteiger partial charge in [0, 0.05) is 17.9 Å².